The lowest BCUT2D eigenvalue weighted by molar-refractivity contribution is -0.129. The fraction of sp³-hybridized carbons (Fsp3) is 0.174. The maximum Gasteiger partial charge on any atom is 0.412 e. The molecule has 2 heterocycles. The standard InChI is InChI=1S/C23H21N5O4/c29-21(18-13-25-19(26-14-18)17-9-5-2-6-10-17)27-20-22(30)24-11-12-28(20)23(31)32-15-16-7-3-1-4-8-16/h1-10,13-14,20H,11-12,15H2,(H,24,30)(H,27,29). The van der Waals surface area contributed by atoms with Crippen molar-refractivity contribution in [1.29, 1.82) is 0 Å². The molecule has 0 spiro atoms. The van der Waals surface area contributed by atoms with Gasteiger partial charge in [0.25, 0.3) is 11.8 Å². The lowest BCUT2D eigenvalue weighted by atomic mass is 10.2. The molecule has 4 rings (SSSR count). The van der Waals surface area contributed by atoms with E-state index < -0.39 is 24.1 Å². The number of carbonyl (C=O) groups is 3. The number of rotatable bonds is 5. The number of nitrogens with zero attached hydrogens (tertiary/aromatic N) is 3. The van der Waals surface area contributed by atoms with Gasteiger partial charge in [0.2, 0.25) is 0 Å². The number of amides is 3. The molecule has 0 bridgehead atoms. The Kier molecular flexibility index (Phi) is 6.35. The monoisotopic (exact) mass is 431 g/mol. The highest BCUT2D eigenvalue weighted by Crippen LogP contribution is 2.14. The third-order valence-electron chi connectivity index (χ3n) is 4.87. The first-order valence-corrected chi connectivity index (χ1v) is 10.0. The predicted molar refractivity (Wildman–Crippen MR) is 115 cm³/mol. The molecule has 1 unspecified atom stereocenters. The van der Waals surface area contributed by atoms with Crippen molar-refractivity contribution in [2.24, 2.45) is 0 Å². The summed E-state index contributed by atoms with van der Waals surface area (Å²) in [6.45, 7) is 0.529. The van der Waals surface area contributed by atoms with Gasteiger partial charge in [0.15, 0.2) is 12.0 Å². The van der Waals surface area contributed by atoms with E-state index in [4.69, 9.17) is 4.74 Å². The smallest absolute Gasteiger partial charge is 0.412 e. The fourth-order valence-corrected chi connectivity index (χ4v) is 3.20. The van der Waals surface area contributed by atoms with Gasteiger partial charge in [-0.15, -0.1) is 0 Å². The van der Waals surface area contributed by atoms with E-state index in [2.05, 4.69) is 20.6 Å². The summed E-state index contributed by atoms with van der Waals surface area (Å²) >= 11 is 0. The number of benzene rings is 2. The highest BCUT2D eigenvalue weighted by Gasteiger charge is 2.35. The SMILES string of the molecule is O=C(NC1C(=O)NCCN1C(=O)OCc1ccccc1)c1cnc(-c2ccccc2)nc1. The summed E-state index contributed by atoms with van der Waals surface area (Å²) in [6.07, 6.45) is 0.866. The molecule has 162 valence electrons. The molecule has 1 saturated heterocycles. The van der Waals surface area contributed by atoms with E-state index in [-0.39, 0.29) is 25.3 Å². The molecular weight excluding hydrogens is 410 g/mol. The average Bonchev–Trinajstić information content (AvgIpc) is 2.85. The highest BCUT2D eigenvalue weighted by atomic mass is 16.6. The second kappa shape index (κ2) is 9.69. The van der Waals surface area contributed by atoms with Crippen LogP contribution in [0.3, 0.4) is 0 Å². The van der Waals surface area contributed by atoms with Gasteiger partial charge in [-0.25, -0.2) is 14.8 Å². The van der Waals surface area contributed by atoms with Crippen molar-refractivity contribution in [1.82, 2.24) is 25.5 Å². The van der Waals surface area contributed by atoms with Gasteiger partial charge in [0.1, 0.15) is 6.61 Å². The second-order valence-corrected chi connectivity index (χ2v) is 7.06. The van der Waals surface area contributed by atoms with Gasteiger partial charge in [0, 0.05) is 31.0 Å². The fourth-order valence-electron chi connectivity index (χ4n) is 3.20. The first-order valence-electron chi connectivity index (χ1n) is 10.0. The minimum absolute atomic E-state index is 0.0627. The number of piperazine rings is 1. The molecule has 3 aromatic rings. The normalized spacial score (nSPS) is 15.6. The van der Waals surface area contributed by atoms with Gasteiger partial charge < -0.3 is 15.4 Å². The number of aromatic nitrogens is 2. The minimum atomic E-state index is -1.20. The maximum atomic E-state index is 12.7. The van der Waals surface area contributed by atoms with E-state index in [0.717, 1.165) is 11.1 Å². The molecule has 1 aliphatic rings. The first kappa shape index (κ1) is 21.0. The quantitative estimate of drug-likeness (QED) is 0.639. The molecular formula is C23H21N5O4. The zero-order valence-corrected chi connectivity index (χ0v) is 17.1. The first-order chi connectivity index (χ1) is 15.6. The molecule has 1 atom stereocenters. The number of ether oxygens (including phenoxy) is 1. The van der Waals surface area contributed by atoms with E-state index in [9.17, 15) is 14.4 Å². The van der Waals surface area contributed by atoms with Crippen molar-refractivity contribution in [2.75, 3.05) is 13.1 Å². The van der Waals surface area contributed by atoms with E-state index in [0.29, 0.717) is 5.82 Å². The van der Waals surface area contributed by atoms with Crippen LogP contribution in [0.1, 0.15) is 15.9 Å². The average molecular weight is 431 g/mol. The van der Waals surface area contributed by atoms with E-state index in [1.807, 2.05) is 60.7 Å². The van der Waals surface area contributed by atoms with Crippen molar-refractivity contribution in [2.45, 2.75) is 12.8 Å². The summed E-state index contributed by atoms with van der Waals surface area (Å²) in [5, 5.41) is 5.21. The summed E-state index contributed by atoms with van der Waals surface area (Å²) in [6, 6.07) is 18.5. The Morgan fingerprint density at radius 1 is 1.03 bits per heavy atom. The van der Waals surface area contributed by atoms with Crippen molar-refractivity contribution >= 4 is 17.9 Å². The van der Waals surface area contributed by atoms with Crippen LogP contribution in [0, 0.1) is 0 Å². The topological polar surface area (TPSA) is 114 Å². The Balaban J connectivity index is 1.42. The van der Waals surface area contributed by atoms with Crippen LogP contribution < -0.4 is 10.6 Å². The Morgan fingerprint density at radius 2 is 1.69 bits per heavy atom. The lowest BCUT2D eigenvalue weighted by Gasteiger charge is -2.34. The zero-order valence-electron chi connectivity index (χ0n) is 17.1. The van der Waals surface area contributed by atoms with Crippen LogP contribution >= 0.6 is 0 Å². The third kappa shape index (κ3) is 4.89. The Labute approximate surface area is 184 Å². The zero-order chi connectivity index (χ0) is 22.3. The van der Waals surface area contributed by atoms with Gasteiger partial charge >= 0.3 is 6.09 Å². The molecule has 2 N–H and O–H groups in total. The summed E-state index contributed by atoms with van der Waals surface area (Å²) < 4.78 is 5.33. The molecule has 0 saturated carbocycles. The molecule has 1 aliphatic heterocycles. The third-order valence-corrected chi connectivity index (χ3v) is 4.87. The maximum absolute atomic E-state index is 12.7. The van der Waals surface area contributed by atoms with E-state index in [1.165, 1.54) is 17.3 Å². The second-order valence-electron chi connectivity index (χ2n) is 7.06. The van der Waals surface area contributed by atoms with Gasteiger partial charge in [-0.1, -0.05) is 60.7 Å². The van der Waals surface area contributed by atoms with Crippen molar-refractivity contribution < 1.29 is 19.1 Å². The van der Waals surface area contributed by atoms with Gasteiger partial charge in [-0.2, -0.15) is 0 Å². The van der Waals surface area contributed by atoms with Crippen LogP contribution in [-0.4, -0.2) is 52.0 Å². The van der Waals surface area contributed by atoms with Gasteiger partial charge in [-0.3, -0.25) is 14.5 Å². The van der Waals surface area contributed by atoms with Crippen LogP contribution in [0.2, 0.25) is 0 Å². The summed E-state index contributed by atoms with van der Waals surface area (Å²) in [5.74, 6) is -0.598. The van der Waals surface area contributed by atoms with Crippen molar-refractivity contribution in [3.05, 3.63) is 84.2 Å². The molecule has 0 radical (unpaired) electrons. The molecule has 1 aromatic heterocycles. The number of carbonyl (C=O) groups excluding carboxylic acids is 3. The Bertz CT molecular complexity index is 1090. The number of hydrogen-bond acceptors (Lipinski definition) is 6. The molecule has 2 aromatic carbocycles. The van der Waals surface area contributed by atoms with Crippen LogP contribution in [0.5, 0.6) is 0 Å². The Morgan fingerprint density at radius 3 is 2.38 bits per heavy atom. The lowest BCUT2D eigenvalue weighted by Crippen LogP contribution is -2.64. The Hall–Kier alpha value is -4.27. The molecule has 1 fully saturated rings. The summed E-state index contributed by atoms with van der Waals surface area (Å²) in [7, 11) is 0. The molecule has 9 heteroatoms. The minimum Gasteiger partial charge on any atom is -0.444 e. The largest absolute Gasteiger partial charge is 0.444 e. The van der Waals surface area contributed by atoms with Crippen LogP contribution in [0.25, 0.3) is 11.4 Å². The predicted octanol–water partition coefficient (Wildman–Crippen LogP) is 1.97. The van der Waals surface area contributed by atoms with Crippen LogP contribution in [0.15, 0.2) is 73.1 Å². The van der Waals surface area contributed by atoms with Gasteiger partial charge in [-0.05, 0) is 5.56 Å². The van der Waals surface area contributed by atoms with Crippen LogP contribution in [-0.2, 0) is 16.1 Å². The molecule has 9 nitrogen and oxygen atoms in total. The van der Waals surface area contributed by atoms with Gasteiger partial charge in [0.05, 0.1) is 5.56 Å². The number of hydrogen-bond donors (Lipinski definition) is 2. The van der Waals surface area contributed by atoms with Crippen molar-refractivity contribution in [3.8, 4) is 11.4 Å². The molecule has 0 aliphatic carbocycles. The highest BCUT2D eigenvalue weighted by molar-refractivity contribution is 5.98. The summed E-state index contributed by atoms with van der Waals surface area (Å²) in [4.78, 5) is 47.3. The van der Waals surface area contributed by atoms with Crippen molar-refractivity contribution in [3.63, 3.8) is 0 Å². The van der Waals surface area contributed by atoms with Crippen LogP contribution in [0.4, 0.5) is 4.79 Å². The summed E-state index contributed by atoms with van der Waals surface area (Å²) in [5.41, 5.74) is 1.80. The molecule has 32 heavy (non-hydrogen) atoms. The van der Waals surface area contributed by atoms with E-state index in [1.54, 1.807) is 0 Å². The van der Waals surface area contributed by atoms with E-state index >= 15 is 0 Å². The molecule has 3 amide bonds. The number of nitrogens with one attached hydrogen (secondary N) is 2.